The summed E-state index contributed by atoms with van der Waals surface area (Å²) in [7, 11) is 0. The van der Waals surface area contributed by atoms with Gasteiger partial charge in [-0.3, -0.25) is 4.79 Å². The Hall–Kier alpha value is -2.09. The molecule has 4 N–H and O–H groups in total. The van der Waals surface area contributed by atoms with Crippen LogP contribution in [0.4, 0.5) is 0 Å². The van der Waals surface area contributed by atoms with E-state index in [1.54, 1.807) is 13.0 Å². The van der Waals surface area contributed by atoms with Crippen molar-refractivity contribution in [3.63, 3.8) is 0 Å². The van der Waals surface area contributed by atoms with E-state index < -0.39 is 5.41 Å². The third-order valence-electron chi connectivity index (χ3n) is 3.49. The number of nitrogens with zero attached hydrogens (tertiary/aromatic N) is 2. The first kappa shape index (κ1) is 14.3. The van der Waals surface area contributed by atoms with Crippen LogP contribution in [0.3, 0.4) is 0 Å². The van der Waals surface area contributed by atoms with E-state index in [9.17, 15) is 4.79 Å². The predicted octanol–water partition coefficient (Wildman–Crippen LogP) is 0.142. The van der Waals surface area contributed by atoms with E-state index in [2.05, 4.69) is 15.6 Å². The van der Waals surface area contributed by atoms with Gasteiger partial charge in [-0.1, -0.05) is 10.3 Å². The standard InChI is InChI=1S/C12H18N4O4/c1-8-6-9(16-20-8)7-14-11(17)12(10(13)15-18)2-4-19-5-3-12/h6,18H,2-5,7H2,1H3,(H2,13,15)(H,14,17). The largest absolute Gasteiger partial charge is 0.409 e. The lowest BCUT2D eigenvalue weighted by Gasteiger charge is -2.34. The van der Waals surface area contributed by atoms with Gasteiger partial charge in [0.25, 0.3) is 0 Å². The van der Waals surface area contributed by atoms with E-state index in [1.807, 2.05) is 0 Å². The van der Waals surface area contributed by atoms with Gasteiger partial charge in [-0.15, -0.1) is 0 Å². The van der Waals surface area contributed by atoms with Crippen LogP contribution in [0.15, 0.2) is 15.7 Å². The van der Waals surface area contributed by atoms with Crippen molar-refractivity contribution < 1.29 is 19.3 Å². The first-order chi connectivity index (χ1) is 9.58. The van der Waals surface area contributed by atoms with Crippen LogP contribution in [0.2, 0.25) is 0 Å². The van der Waals surface area contributed by atoms with E-state index in [4.69, 9.17) is 20.2 Å². The number of aromatic nitrogens is 1. The summed E-state index contributed by atoms with van der Waals surface area (Å²) in [5.41, 5.74) is 5.31. The molecule has 20 heavy (non-hydrogen) atoms. The van der Waals surface area contributed by atoms with E-state index in [-0.39, 0.29) is 18.3 Å². The first-order valence-corrected chi connectivity index (χ1v) is 6.35. The molecule has 0 saturated carbocycles. The molecule has 0 unspecified atom stereocenters. The number of hydrogen-bond acceptors (Lipinski definition) is 6. The molecule has 0 spiro atoms. The van der Waals surface area contributed by atoms with E-state index in [1.165, 1.54) is 0 Å². The highest BCUT2D eigenvalue weighted by atomic mass is 16.5. The van der Waals surface area contributed by atoms with Crippen molar-refractivity contribution in [2.45, 2.75) is 26.3 Å². The van der Waals surface area contributed by atoms with E-state index >= 15 is 0 Å². The maximum Gasteiger partial charge on any atom is 0.234 e. The smallest absolute Gasteiger partial charge is 0.234 e. The zero-order chi connectivity index (χ0) is 14.6. The number of carbonyl (C=O) groups is 1. The summed E-state index contributed by atoms with van der Waals surface area (Å²) in [5.74, 6) is 0.290. The van der Waals surface area contributed by atoms with Crippen LogP contribution in [-0.4, -0.2) is 35.3 Å². The molecule has 8 nitrogen and oxygen atoms in total. The molecule has 110 valence electrons. The fourth-order valence-corrected chi connectivity index (χ4v) is 2.26. The van der Waals surface area contributed by atoms with Crippen LogP contribution in [-0.2, 0) is 16.1 Å². The van der Waals surface area contributed by atoms with Gasteiger partial charge in [-0.25, -0.2) is 0 Å². The molecule has 0 bridgehead atoms. The molecule has 1 aromatic heterocycles. The van der Waals surface area contributed by atoms with Gasteiger partial charge >= 0.3 is 0 Å². The fraction of sp³-hybridized carbons (Fsp3) is 0.583. The van der Waals surface area contributed by atoms with Crippen molar-refractivity contribution in [2.75, 3.05) is 13.2 Å². The SMILES string of the molecule is Cc1cc(CNC(=O)C2(C(N)=NO)CCOCC2)no1. The number of oxime groups is 1. The van der Waals surface area contributed by atoms with Gasteiger partial charge in [0.05, 0.1) is 6.54 Å². The lowest BCUT2D eigenvalue weighted by molar-refractivity contribution is -0.131. The molecule has 1 amide bonds. The highest BCUT2D eigenvalue weighted by Crippen LogP contribution is 2.31. The second-order valence-corrected chi connectivity index (χ2v) is 4.79. The molecule has 2 rings (SSSR count). The fourth-order valence-electron chi connectivity index (χ4n) is 2.26. The quantitative estimate of drug-likeness (QED) is 0.312. The number of nitrogens with one attached hydrogen (secondary N) is 1. The average Bonchev–Trinajstić information content (AvgIpc) is 2.90. The van der Waals surface area contributed by atoms with Gasteiger partial charge in [0.15, 0.2) is 5.84 Å². The molecular formula is C12H18N4O4. The molecule has 1 aliphatic heterocycles. The highest BCUT2D eigenvalue weighted by molar-refractivity contribution is 6.06. The van der Waals surface area contributed by atoms with Crippen LogP contribution < -0.4 is 11.1 Å². The molecule has 0 atom stereocenters. The summed E-state index contributed by atoms with van der Waals surface area (Å²) < 4.78 is 10.2. The van der Waals surface area contributed by atoms with Gasteiger partial charge in [-0.05, 0) is 19.8 Å². The Labute approximate surface area is 115 Å². The minimum absolute atomic E-state index is 0.0883. The second kappa shape index (κ2) is 5.91. The lowest BCUT2D eigenvalue weighted by Crippen LogP contribution is -2.52. The number of amidine groups is 1. The van der Waals surface area contributed by atoms with Crippen molar-refractivity contribution in [2.24, 2.45) is 16.3 Å². The zero-order valence-corrected chi connectivity index (χ0v) is 11.3. The van der Waals surface area contributed by atoms with Gasteiger partial charge < -0.3 is 25.5 Å². The van der Waals surface area contributed by atoms with Gasteiger partial charge in [0.2, 0.25) is 5.91 Å². The maximum atomic E-state index is 12.4. The Morgan fingerprint density at radius 1 is 1.60 bits per heavy atom. The van der Waals surface area contributed by atoms with Crippen LogP contribution in [0.25, 0.3) is 0 Å². The molecular weight excluding hydrogens is 264 g/mol. The Kier molecular flexibility index (Phi) is 4.23. The van der Waals surface area contributed by atoms with E-state index in [0.717, 1.165) is 0 Å². The second-order valence-electron chi connectivity index (χ2n) is 4.79. The number of nitrogens with two attached hydrogens (primary N) is 1. The summed E-state index contributed by atoms with van der Waals surface area (Å²) in [5, 5.41) is 18.5. The van der Waals surface area contributed by atoms with Crippen molar-refractivity contribution in [3.8, 4) is 0 Å². The molecule has 0 aromatic carbocycles. The highest BCUT2D eigenvalue weighted by Gasteiger charge is 2.44. The number of hydrogen-bond donors (Lipinski definition) is 3. The van der Waals surface area contributed by atoms with Gasteiger partial charge in [-0.2, -0.15) is 0 Å². The minimum Gasteiger partial charge on any atom is -0.409 e. The van der Waals surface area contributed by atoms with Crippen molar-refractivity contribution in [1.29, 1.82) is 0 Å². The van der Waals surface area contributed by atoms with Gasteiger partial charge in [0.1, 0.15) is 16.9 Å². The molecule has 1 aromatic rings. The van der Waals surface area contributed by atoms with Crippen LogP contribution >= 0.6 is 0 Å². The number of ether oxygens (including phenoxy) is 1. The topological polar surface area (TPSA) is 123 Å². The van der Waals surface area contributed by atoms with Crippen molar-refractivity contribution >= 4 is 11.7 Å². The number of amides is 1. The predicted molar refractivity (Wildman–Crippen MR) is 69.0 cm³/mol. The van der Waals surface area contributed by atoms with Gasteiger partial charge in [0, 0.05) is 19.3 Å². The Morgan fingerprint density at radius 2 is 2.30 bits per heavy atom. The van der Waals surface area contributed by atoms with Crippen LogP contribution in [0.5, 0.6) is 0 Å². The zero-order valence-electron chi connectivity index (χ0n) is 11.3. The molecule has 1 fully saturated rings. The molecule has 1 aliphatic rings. The monoisotopic (exact) mass is 282 g/mol. The normalized spacial score (nSPS) is 18.8. The summed E-state index contributed by atoms with van der Waals surface area (Å²) >= 11 is 0. The third-order valence-corrected chi connectivity index (χ3v) is 3.49. The summed E-state index contributed by atoms with van der Waals surface area (Å²) in [4.78, 5) is 12.4. The Morgan fingerprint density at radius 3 is 2.85 bits per heavy atom. The maximum absolute atomic E-state index is 12.4. The van der Waals surface area contributed by atoms with Crippen molar-refractivity contribution in [1.82, 2.24) is 10.5 Å². The Bertz CT molecular complexity index is 505. The van der Waals surface area contributed by atoms with Crippen molar-refractivity contribution in [3.05, 3.63) is 17.5 Å². The van der Waals surface area contributed by atoms with Crippen LogP contribution in [0.1, 0.15) is 24.3 Å². The number of rotatable bonds is 4. The van der Waals surface area contributed by atoms with E-state index in [0.29, 0.717) is 37.5 Å². The molecule has 2 heterocycles. The average molecular weight is 282 g/mol. The molecule has 8 heteroatoms. The molecule has 0 radical (unpaired) electrons. The molecule has 0 aliphatic carbocycles. The summed E-state index contributed by atoms with van der Waals surface area (Å²) in [6.45, 7) is 2.80. The summed E-state index contributed by atoms with van der Waals surface area (Å²) in [6.07, 6.45) is 0.763. The lowest BCUT2D eigenvalue weighted by atomic mass is 9.78. The number of aryl methyl sites for hydroxylation is 1. The summed E-state index contributed by atoms with van der Waals surface area (Å²) in [6, 6.07) is 1.74. The number of carbonyl (C=O) groups excluding carboxylic acids is 1. The molecule has 1 saturated heterocycles. The third kappa shape index (κ3) is 2.74. The first-order valence-electron chi connectivity index (χ1n) is 6.35. The minimum atomic E-state index is -1.02. The van der Waals surface area contributed by atoms with Crippen LogP contribution in [0, 0.1) is 12.3 Å². The Balaban J connectivity index is 2.07.